The molecule has 35 heavy (non-hydrogen) atoms. The molecular formula is C30H33FN2O2. The van der Waals surface area contributed by atoms with Crippen LogP contribution in [-0.2, 0) is 22.4 Å². The average Bonchev–Trinajstić information content (AvgIpc) is 3.15. The Bertz CT molecular complexity index is 1200. The number of benzene rings is 2. The summed E-state index contributed by atoms with van der Waals surface area (Å²) < 4.78 is 20.2. The molecule has 3 aliphatic heterocycles. The number of rotatable bonds is 5. The molecule has 182 valence electrons. The Morgan fingerprint density at radius 3 is 2.49 bits per heavy atom. The SMILES string of the molecule is O=C(N1[C@H]2CC[C@H]1CC(Cc1cccc3ncccc13)C2)C1(Cc2ccccc2F)CCOCC1. The first-order chi connectivity index (χ1) is 17.1. The lowest BCUT2D eigenvalue weighted by molar-refractivity contribution is -0.153. The van der Waals surface area contributed by atoms with Crippen molar-refractivity contribution in [3.05, 3.63) is 77.7 Å². The monoisotopic (exact) mass is 472 g/mol. The topological polar surface area (TPSA) is 42.4 Å². The number of halogens is 1. The minimum absolute atomic E-state index is 0.211. The molecule has 3 aliphatic rings. The molecule has 0 unspecified atom stereocenters. The van der Waals surface area contributed by atoms with E-state index in [1.54, 1.807) is 6.07 Å². The van der Waals surface area contributed by atoms with Crippen molar-refractivity contribution >= 4 is 16.8 Å². The average molecular weight is 473 g/mol. The van der Waals surface area contributed by atoms with Gasteiger partial charge >= 0.3 is 0 Å². The highest BCUT2D eigenvalue weighted by atomic mass is 19.1. The van der Waals surface area contributed by atoms with Crippen LogP contribution in [0.3, 0.4) is 0 Å². The van der Waals surface area contributed by atoms with Gasteiger partial charge in [-0.1, -0.05) is 36.4 Å². The number of aromatic nitrogens is 1. The van der Waals surface area contributed by atoms with Crippen LogP contribution in [-0.4, -0.2) is 41.1 Å². The lowest BCUT2D eigenvalue weighted by atomic mass is 9.72. The Labute approximate surface area is 206 Å². The summed E-state index contributed by atoms with van der Waals surface area (Å²) in [4.78, 5) is 21.0. The molecular weight excluding hydrogens is 439 g/mol. The Morgan fingerprint density at radius 2 is 1.71 bits per heavy atom. The molecule has 1 amide bonds. The first-order valence-corrected chi connectivity index (χ1v) is 13.1. The maximum absolute atomic E-state index is 14.6. The molecule has 1 aromatic heterocycles. The Kier molecular flexibility index (Phi) is 6.05. The molecule has 2 atom stereocenters. The van der Waals surface area contributed by atoms with Crippen LogP contribution < -0.4 is 0 Å². The number of carbonyl (C=O) groups excluding carboxylic acids is 1. The summed E-state index contributed by atoms with van der Waals surface area (Å²) in [5.74, 6) is 0.598. The van der Waals surface area contributed by atoms with Crippen molar-refractivity contribution in [2.24, 2.45) is 11.3 Å². The normalized spacial score (nSPS) is 25.6. The van der Waals surface area contributed by atoms with Crippen LogP contribution in [0.25, 0.3) is 10.9 Å². The summed E-state index contributed by atoms with van der Waals surface area (Å²) in [5, 5.41) is 1.24. The van der Waals surface area contributed by atoms with Gasteiger partial charge in [-0.2, -0.15) is 0 Å². The molecule has 5 heteroatoms. The van der Waals surface area contributed by atoms with Crippen LogP contribution in [0.4, 0.5) is 4.39 Å². The molecule has 0 aliphatic carbocycles. The zero-order valence-electron chi connectivity index (χ0n) is 20.2. The van der Waals surface area contributed by atoms with Gasteiger partial charge in [0.1, 0.15) is 5.82 Å². The summed E-state index contributed by atoms with van der Waals surface area (Å²) in [6.45, 7) is 1.14. The van der Waals surface area contributed by atoms with Crippen LogP contribution in [0, 0.1) is 17.2 Å². The van der Waals surface area contributed by atoms with E-state index in [1.165, 1.54) is 17.0 Å². The van der Waals surface area contributed by atoms with Crippen molar-refractivity contribution < 1.29 is 13.9 Å². The number of hydrogen-bond donors (Lipinski definition) is 0. The van der Waals surface area contributed by atoms with Gasteiger partial charge in [-0.25, -0.2) is 4.39 Å². The van der Waals surface area contributed by atoms with Crippen molar-refractivity contribution in [2.75, 3.05) is 13.2 Å². The third-order valence-corrected chi connectivity index (χ3v) is 8.70. The Hall–Kier alpha value is -2.79. The van der Waals surface area contributed by atoms with Crippen LogP contribution >= 0.6 is 0 Å². The quantitative estimate of drug-likeness (QED) is 0.477. The van der Waals surface area contributed by atoms with Gasteiger partial charge in [-0.15, -0.1) is 0 Å². The van der Waals surface area contributed by atoms with E-state index in [0.29, 0.717) is 56.0 Å². The predicted molar refractivity (Wildman–Crippen MR) is 134 cm³/mol. The minimum Gasteiger partial charge on any atom is -0.381 e. The molecule has 3 aromatic rings. The highest BCUT2D eigenvalue weighted by molar-refractivity contribution is 5.84. The fraction of sp³-hybridized carbons (Fsp3) is 0.467. The van der Waals surface area contributed by atoms with Gasteiger partial charge in [-0.05, 0) is 86.6 Å². The summed E-state index contributed by atoms with van der Waals surface area (Å²) in [6.07, 6.45) is 8.94. The minimum atomic E-state index is -0.560. The van der Waals surface area contributed by atoms with Gasteiger partial charge in [-0.3, -0.25) is 9.78 Å². The first-order valence-electron chi connectivity index (χ1n) is 13.1. The summed E-state index contributed by atoms with van der Waals surface area (Å²) in [5.41, 5.74) is 2.50. The summed E-state index contributed by atoms with van der Waals surface area (Å²) in [6, 6.07) is 18.1. The van der Waals surface area contributed by atoms with Gasteiger partial charge in [0.25, 0.3) is 0 Å². The van der Waals surface area contributed by atoms with Crippen LogP contribution in [0.1, 0.15) is 49.7 Å². The number of piperidine rings is 1. The molecule has 2 aromatic carbocycles. The largest absolute Gasteiger partial charge is 0.381 e. The Balaban J connectivity index is 1.22. The summed E-state index contributed by atoms with van der Waals surface area (Å²) in [7, 11) is 0. The van der Waals surface area contributed by atoms with Crippen molar-refractivity contribution in [3.8, 4) is 0 Å². The molecule has 6 rings (SSSR count). The third kappa shape index (κ3) is 4.24. The Morgan fingerprint density at radius 1 is 0.971 bits per heavy atom. The zero-order chi connectivity index (χ0) is 23.8. The third-order valence-electron chi connectivity index (χ3n) is 8.70. The van der Waals surface area contributed by atoms with Gasteiger partial charge in [0.15, 0.2) is 0 Å². The van der Waals surface area contributed by atoms with Crippen molar-refractivity contribution in [2.45, 2.75) is 63.5 Å². The van der Waals surface area contributed by atoms with E-state index in [2.05, 4.69) is 34.1 Å². The first kappa shape index (κ1) is 22.7. The second-order valence-corrected chi connectivity index (χ2v) is 10.8. The molecule has 2 bridgehead atoms. The maximum atomic E-state index is 14.6. The highest BCUT2D eigenvalue weighted by Gasteiger charge is 2.50. The number of fused-ring (bicyclic) bond motifs is 3. The lowest BCUT2D eigenvalue weighted by Crippen LogP contribution is -2.55. The number of nitrogens with zero attached hydrogens (tertiary/aromatic N) is 2. The predicted octanol–water partition coefficient (Wildman–Crippen LogP) is 5.73. The van der Waals surface area contributed by atoms with E-state index >= 15 is 0 Å². The van der Waals surface area contributed by atoms with E-state index in [4.69, 9.17) is 4.74 Å². The van der Waals surface area contributed by atoms with E-state index in [-0.39, 0.29) is 11.7 Å². The van der Waals surface area contributed by atoms with E-state index in [9.17, 15) is 9.18 Å². The number of ether oxygens (including phenoxy) is 1. The second kappa shape index (κ2) is 9.34. The molecule has 3 saturated heterocycles. The molecule has 4 nitrogen and oxygen atoms in total. The molecule has 0 N–H and O–H groups in total. The number of pyridine rings is 1. The second-order valence-electron chi connectivity index (χ2n) is 10.8. The van der Waals surface area contributed by atoms with Gasteiger partial charge in [0.2, 0.25) is 5.91 Å². The summed E-state index contributed by atoms with van der Waals surface area (Å²) >= 11 is 0. The fourth-order valence-electron chi connectivity index (χ4n) is 6.95. The van der Waals surface area contributed by atoms with Crippen LogP contribution in [0.15, 0.2) is 60.8 Å². The van der Waals surface area contributed by atoms with Crippen LogP contribution in [0.2, 0.25) is 0 Å². The standard InChI is InChI=1S/C30H33FN2O2/c31-27-8-2-1-5-23(27)20-30(12-15-35-16-13-30)29(34)33-24-10-11-25(33)19-21(18-24)17-22-6-3-9-28-26(22)7-4-14-32-28/h1-9,14,21,24-25H,10-13,15-20H2/t24-,25-/m0/s1. The van der Waals surface area contributed by atoms with Crippen molar-refractivity contribution in [1.29, 1.82) is 0 Å². The van der Waals surface area contributed by atoms with Crippen molar-refractivity contribution in [3.63, 3.8) is 0 Å². The van der Waals surface area contributed by atoms with E-state index < -0.39 is 5.41 Å². The fourth-order valence-corrected chi connectivity index (χ4v) is 6.95. The molecule has 0 spiro atoms. The number of carbonyl (C=O) groups is 1. The van der Waals surface area contributed by atoms with Gasteiger partial charge in [0.05, 0.1) is 10.9 Å². The zero-order valence-corrected chi connectivity index (χ0v) is 20.2. The molecule has 0 radical (unpaired) electrons. The molecule has 0 saturated carbocycles. The van der Waals surface area contributed by atoms with Crippen LogP contribution in [0.5, 0.6) is 0 Å². The number of amides is 1. The number of hydrogen-bond acceptors (Lipinski definition) is 3. The van der Waals surface area contributed by atoms with Gasteiger partial charge in [0, 0.05) is 36.9 Å². The molecule has 4 heterocycles. The van der Waals surface area contributed by atoms with Crippen molar-refractivity contribution in [1.82, 2.24) is 9.88 Å². The smallest absolute Gasteiger partial charge is 0.229 e. The maximum Gasteiger partial charge on any atom is 0.229 e. The van der Waals surface area contributed by atoms with Gasteiger partial charge < -0.3 is 9.64 Å². The van der Waals surface area contributed by atoms with E-state index in [0.717, 1.165) is 37.6 Å². The highest BCUT2D eigenvalue weighted by Crippen LogP contribution is 2.45. The lowest BCUT2D eigenvalue weighted by Gasteiger charge is -2.46. The molecule has 3 fully saturated rings. The van der Waals surface area contributed by atoms with E-state index in [1.807, 2.05) is 24.4 Å².